The summed E-state index contributed by atoms with van der Waals surface area (Å²) in [7, 11) is 0. The van der Waals surface area contributed by atoms with Crippen molar-refractivity contribution < 1.29 is 4.52 Å². The molecule has 2 rings (SSSR count). The summed E-state index contributed by atoms with van der Waals surface area (Å²) in [5, 5.41) is 10.5. The van der Waals surface area contributed by atoms with Crippen molar-refractivity contribution >= 4 is 11.9 Å². The quantitative estimate of drug-likeness (QED) is 0.591. The zero-order chi connectivity index (χ0) is 6.97. The van der Waals surface area contributed by atoms with Gasteiger partial charge in [-0.25, -0.2) is 0 Å². The summed E-state index contributed by atoms with van der Waals surface area (Å²) < 4.78 is 6.54. The Balaban J connectivity index is 2.88. The molecule has 0 unspecified atom stereocenters. The first kappa shape index (κ1) is 5.22. The van der Waals surface area contributed by atoms with Crippen LogP contribution >= 0.6 is 0 Å². The van der Waals surface area contributed by atoms with E-state index in [4.69, 9.17) is 9.93 Å². The van der Waals surface area contributed by atoms with E-state index in [1.165, 1.54) is 0 Å². The third kappa shape index (κ3) is 0.500. The second-order valence-corrected chi connectivity index (χ2v) is 1.90. The number of nitrogens with one attached hydrogen (secondary N) is 1. The van der Waals surface area contributed by atoms with Crippen molar-refractivity contribution in [1.29, 1.82) is 5.41 Å². The van der Waals surface area contributed by atoms with Crippen molar-refractivity contribution in [3.63, 3.8) is 0 Å². The summed E-state index contributed by atoms with van der Waals surface area (Å²) >= 11 is 0. The predicted molar refractivity (Wildman–Crippen MR) is 35.3 cm³/mol. The number of hydrogen-bond acceptors (Lipinski definition) is 3. The van der Waals surface area contributed by atoms with Gasteiger partial charge < -0.3 is 9.93 Å². The molecule has 0 radical (unpaired) electrons. The maximum Gasteiger partial charge on any atom is 0.235 e. The van der Waals surface area contributed by atoms with Gasteiger partial charge in [0.1, 0.15) is 0 Å². The molecule has 1 N–H and O–H groups in total. The summed E-state index contributed by atoms with van der Waals surface area (Å²) in [6.07, 6.45) is 2.95. The Labute approximate surface area is 56.6 Å². The van der Waals surface area contributed by atoms with Crippen LogP contribution in [0.5, 0.6) is 0 Å². The molecule has 4 heteroatoms. The fraction of sp³-hybridized carbons (Fsp3) is 0. The first-order valence-electron chi connectivity index (χ1n) is 2.85. The van der Waals surface area contributed by atoms with Gasteiger partial charge in [0.25, 0.3) is 0 Å². The monoisotopic (exact) mass is 135 g/mol. The van der Waals surface area contributed by atoms with Gasteiger partial charge in [0, 0.05) is 12.3 Å². The van der Waals surface area contributed by atoms with E-state index in [9.17, 15) is 0 Å². The van der Waals surface area contributed by atoms with Crippen LogP contribution in [0.4, 0.5) is 0 Å². The van der Waals surface area contributed by atoms with Crippen LogP contribution in [0.3, 0.4) is 0 Å². The SMILES string of the molecule is N=Cc1noc2cccn12. The zero-order valence-corrected chi connectivity index (χ0v) is 5.11. The molecule has 0 aliphatic heterocycles. The Morgan fingerprint density at radius 3 is 3.40 bits per heavy atom. The van der Waals surface area contributed by atoms with Gasteiger partial charge in [0.2, 0.25) is 5.71 Å². The minimum atomic E-state index is 0.514. The van der Waals surface area contributed by atoms with Crippen molar-refractivity contribution in [2.75, 3.05) is 0 Å². The van der Waals surface area contributed by atoms with Crippen molar-refractivity contribution in [1.82, 2.24) is 9.56 Å². The lowest BCUT2D eigenvalue weighted by Gasteiger charge is -1.79. The van der Waals surface area contributed by atoms with Gasteiger partial charge in [-0.05, 0) is 6.07 Å². The summed E-state index contributed by atoms with van der Waals surface area (Å²) in [5.74, 6) is 0.514. The molecule has 0 fully saturated rings. The number of hydrogen-bond donors (Lipinski definition) is 1. The smallest absolute Gasteiger partial charge is 0.235 e. The third-order valence-electron chi connectivity index (χ3n) is 1.32. The van der Waals surface area contributed by atoms with E-state index in [0.717, 1.165) is 6.21 Å². The summed E-state index contributed by atoms with van der Waals surface area (Å²) in [5.41, 5.74) is 0.665. The predicted octanol–water partition coefficient (Wildman–Crippen LogP) is 0.925. The molecule has 2 aromatic rings. The first-order chi connectivity index (χ1) is 4.92. The Morgan fingerprint density at radius 1 is 1.70 bits per heavy atom. The molecule has 10 heavy (non-hydrogen) atoms. The van der Waals surface area contributed by atoms with Gasteiger partial charge in [-0.3, -0.25) is 4.40 Å². The number of aromatic nitrogens is 2. The molecule has 0 atom stereocenters. The minimum absolute atomic E-state index is 0.514. The summed E-state index contributed by atoms with van der Waals surface area (Å²) in [6.45, 7) is 0. The lowest BCUT2D eigenvalue weighted by Crippen LogP contribution is -1.86. The van der Waals surface area contributed by atoms with Crippen LogP contribution in [-0.4, -0.2) is 15.8 Å². The van der Waals surface area contributed by atoms with Gasteiger partial charge in [-0.1, -0.05) is 5.16 Å². The lowest BCUT2D eigenvalue weighted by molar-refractivity contribution is 0.454. The highest BCUT2D eigenvalue weighted by Gasteiger charge is 2.00. The number of fused-ring (bicyclic) bond motifs is 1. The first-order valence-corrected chi connectivity index (χ1v) is 2.85. The van der Waals surface area contributed by atoms with Crippen LogP contribution in [0.25, 0.3) is 5.71 Å². The summed E-state index contributed by atoms with van der Waals surface area (Å²) in [4.78, 5) is 0. The molecule has 50 valence electrons. The Bertz CT molecular complexity index is 360. The Morgan fingerprint density at radius 2 is 2.60 bits per heavy atom. The topological polar surface area (TPSA) is 54.3 Å². The van der Waals surface area contributed by atoms with Crippen LogP contribution in [0, 0.1) is 5.41 Å². The maximum absolute atomic E-state index is 6.91. The van der Waals surface area contributed by atoms with E-state index in [1.54, 1.807) is 16.7 Å². The van der Waals surface area contributed by atoms with Gasteiger partial charge in [-0.15, -0.1) is 0 Å². The van der Waals surface area contributed by atoms with Crippen LogP contribution in [0.1, 0.15) is 5.82 Å². The van der Waals surface area contributed by atoms with E-state index >= 15 is 0 Å². The van der Waals surface area contributed by atoms with E-state index in [-0.39, 0.29) is 0 Å². The highest BCUT2D eigenvalue weighted by Crippen LogP contribution is 2.04. The van der Waals surface area contributed by atoms with E-state index in [2.05, 4.69) is 5.16 Å². The maximum atomic E-state index is 6.91. The van der Waals surface area contributed by atoms with Crippen molar-refractivity contribution in [2.45, 2.75) is 0 Å². The van der Waals surface area contributed by atoms with Crippen LogP contribution in [-0.2, 0) is 0 Å². The normalized spacial score (nSPS) is 10.4. The van der Waals surface area contributed by atoms with Gasteiger partial charge in [0.05, 0.1) is 6.21 Å². The van der Waals surface area contributed by atoms with Gasteiger partial charge in [-0.2, -0.15) is 0 Å². The largest absolute Gasteiger partial charge is 0.336 e. The van der Waals surface area contributed by atoms with Crippen LogP contribution in [0.2, 0.25) is 0 Å². The molecule has 0 spiro atoms. The molecule has 0 aromatic carbocycles. The van der Waals surface area contributed by atoms with Gasteiger partial charge >= 0.3 is 0 Å². The molecule has 0 saturated heterocycles. The highest BCUT2D eigenvalue weighted by atomic mass is 16.5. The summed E-state index contributed by atoms with van der Waals surface area (Å²) in [6, 6.07) is 3.63. The average Bonchev–Trinajstić information content (AvgIpc) is 2.44. The second kappa shape index (κ2) is 1.70. The molecule has 0 aliphatic rings. The average molecular weight is 135 g/mol. The molecule has 0 saturated carbocycles. The van der Waals surface area contributed by atoms with E-state index < -0.39 is 0 Å². The third-order valence-corrected chi connectivity index (χ3v) is 1.32. The Hall–Kier alpha value is -1.58. The molecular weight excluding hydrogens is 130 g/mol. The van der Waals surface area contributed by atoms with Crippen molar-refractivity contribution in [3.8, 4) is 0 Å². The molecular formula is C6H5N3O. The van der Waals surface area contributed by atoms with Crippen LogP contribution < -0.4 is 0 Å². The molecule has 2 heterocycles. The van der Waals surface area contributed by atoms with Crippen molar-refractivity contribution in [3.05, 3.63) is 24.2 Å². The second-order valence-electron chi connectivity index (χ2n) is 1.90. The fourth-order valence-electron chi connectivity index (χ4n) is 0.862. The molecule has 0 bridgehead atoms. The van der Waals surface area contributed by atoms with Crippen molar-refractivity contribution in [2.24, 2.45) is 0 Å². The lowest BCUT2D eigenvalue weighted by atomic mass is 10.7. The molecule has 0 aliphatic carbocycles. The fourth-order valence-corrected chi connectivity index (χ4v) is 0.862. The standard InChI is InChI=1S/C6H5N3O/c7-4-5-8-10-6-2-1-3-9(5)6/h1-4,7H. The van der Waals surface area contributed by atoms with Gasteiger partial charge in [0.15, 0.2) is 5.82 Å². The molecule has 4 nitrogen and oxygen atoms in total. The number of nitrogens with zero attached hydrogens (tertiary/aromatic N) is 2. The molecule has 2 aromatic heterocycles. The van der Waals surface area contributed by atoms with Crippen LogP contribution in [0.15, 0.2) is 22.9 Å². The molecule has 0 amide bonds. The minimum Gasteiger partial charge on any atom is -0.336 e. The number of rotatable bonds is 1. The highest BCUT2D eigenvalue weighted by molar-refractivity contribution is 5.72. The van der Waals surface area contributed by atoms with E-state index in [1.807, 2.05) is 6.07 Å². The Kier molecular flexibility index (Phi) is 0.887. The zero-order valence-electron chi connectivity index (χ0n) is 5.11. The van der Waals surface area contributed by atoms with E-state index in [0.29, 0.717) is 11.5 Å².